The quantitative estimate of drug-likeness (QED) is 0.552. The van der Waals surface area contributed by atoms with Crippen LogP contribution in [0.1, 0.15) is 12.8 Å². The van der Waals surface area contributed by atoms with Gasteiger partial charge in [-0.1, -0.05) is 35.3 Å². The fourth-order valence-corrected chi connectivity index (χ4v) is 3.60. The lowest BCUT2D eigenvalue weighted by Gasteiger charge is -2.36. The number of hydrogen-bond donors (Lipinski definition) is 1. The smallest absolute Gasteiger partial charge is 0.121 e. The van der Waals surface area contributed by atoms with Gasteiger partial charge < -0.3 is 15.4 Å². The first-order valence-electron chi connectivity index (χ1n) is 9.03. The first-order chi connectivity index (χ1) is 12.6. The van der Waals surface area contributed by atoms with E-state index in [1.807, 2.05) is 42.5 Å². The highest BCUT2D eigenvalue weighted by atomic mass is 35.5. The molecule has 2 aromatic carbocycles. The second-order valence-corrected chi connectivity index (χ2v) is 7.31. The number of anilines is 2. The molecule has 0 atom stereocenters. The molecule has 140 valence electrons. The lowest BCUT2D eigenvalue weighted by molar-refractivity contribution is 0.238. The number of piperazine rings is 1. The predicted octanol–water partition coefficient (Wildman–Crippen LogP) is 4.56. The number of hydrogen-bond acceptors (Lipinski definition) is 4. The van der Waals surface area contributed by atoms with E-state index < -0.39 is 0 Å². The number of nitrogens with zero attached hydrogens (tertiary/aromatic N) is 2. The third-order valence-electron chi connectivity index (χ3n) is 4.64. The zero-order valence-electron chi connectivity index (χ0n) is 14.8. The number of halogens is 2. The van der Waals surface area contributed by atoms with E-state index in [1.165, 1.54) is 0 Å². The monoisotopic (exact) mass is 393 g/mol. The van der Waals surface area contributed by atoms with Crippen LogP contribution in [0.2, 0.25) is 10.0 Å². The van der Waals surface area contributed by atoms with Gasteiger partial charge in [-0.25, -0.2) is 0 Å². The Balaban J connectivity index is 1.35. The van der Waals surface area contributed by atoms with Gasteiger partial charge in [0.25, 0.3) is 0 Å². The molecule has 1 saturated heterocycles. The molecule has 0 radical (unpaired) electrons. The molecule has 0 bridgehead atoms. The maximum Gasteiger partial charge on any atom is 0.121 e. The first-order valence-corrected chi connectivity index (χ1v) is 9.79. The average Bonchev–Trinajstić information content (AvgIpc) is 2.64. The van der Waals surface area contributed by atoms with Gasteiger partial charge in [-0.15, -0.1) is 0 Å². The molecule has 6 heteroatoms. The van der Waals surface area contributed by atoms with Crippen molar-refractivity contribution in [3.05, 3.63) is 52.5 Å². The Bertz CT molecular complexity index is 718. The number of nitrogen functional groups attached to an aromatic ring is 1. The lowest BCUT2D eigenvalue weighted by Crippen LogP contribution is -2.46. The summed E-state index contributed by atoms with van der Waals surface area (Å²) in [6.45, 7) is 5.84. The maximum atomic E-state index is 6.33. The zero-order chi connectivity index (χ0) is 18.4. The number of ether oxygens (including phenoxy) is 1. The minimum atomic E-state index is 0.617. The molecule has 0 amide bonds. The minimum absolute atomic E-state index is 0.617. The van der Waals surface area contributed by atoms with Gasteiger partial charge >= 0.3 is 0 Å². The summed E-state index contributed by atoms with van der Waals surface area (Å²) in [6.07, 6.45) is 2.16. The molecule has 0 spiro atoms. The summed E-state index contributed by atoms with van der Waals surface area (Å²) >= 11 is 12.5. The van der Waals surface area contributed by atoms with Crippen LogP contribution >= 0.6 is 23.2 Å². The van der Waals surface area contributed by atoms with Crippen LogP contribution in [0, 0.1) is 0 Å². The first kappa shape index (κ1) is 19.2. The highest BCUT2D eigenvalue weighted by molar-refractivity contribution is 6.43. The number of unbranched alkanes of at least 4 members (excludes halogenated alkanes) is 1. The van der Waals surface area contributed by atoms with Gasteiger partial charge in [0.2, 0.25) is 0 Å². The second kappa shape index (κ2) is 9.36. The summed E-state index contributed by atoms with van der Waals surface area (Å²) in [5.74, 6) is 0.844. The van der Waals surface area contributed by atoms with Gasteiger partial charge in [-0.3, -0.25) is 4.90 Å². The molecule has 26 heavy (non-hydrogen) atoms. The summed E-state index contributed by atoms with van der Waals surface area (Å²) in [5, 5.41) is 1.27. The summed E-state index contributed by atoms with van der Waals surface area (Å²) in [7, 11) is 0. The molecular formula is C20H25Cl2N3O. The Kier molecular flexibility index (Phi) is 6.89. The van der Waals surface area contributed by atoms with Crippen molar-refractivity contribution in [2.24, 2.45) is 0 Å². The number of nitrogens with two attached hydrogens (primary N) is 1. The second-order valence-electron chi connectivity index (χ2n) is 6.53. The molecule has 2 N–H and O–H groups in total. The lowest BCUT2D eigenvalue weighted by atomic mass is 10.2. The topological polar surface area (TPSA) is 41.7 Å². The van der Waals surface area contributed by atoms with Crippen molar-refractivity contribution < 1.29 is 4.74 Å². The van der Waals surface area contributed by atoms with E-state index in [0.717, 1.165) is 69.3 Å². The van der Waals surface area contributed by atoms with Crippen molar-refractivity contribution in [1.29, 1.82) is 0 Å². The van der Waals surface area contributed by atoms with Crippen molar-refractivity contribution >= 4 is 34.6 Å². The van der Waals surface area contributed by atoms with Gasteiger partial charge in [0.15, 0.2) is 0 Å². The standard InChI is InChI=1S/C20H25Cl2N3O/c21-18-7-4-8-19(20(18)22)25-12-10-24(11-13-25)9-1-2-14-26-17-6-3-5-16(23)15-17/h3-8,15H,1-2,9-14,23H2. The highest BCUT2D eigenvalue weighted by Gasteiger charge is 2.19. The van der Waals surface area contributed by atoms with Crippen LogP contribution in [0.4, 0.5) is 11.4 Å². The normalized spacial score (nSPS) is 15.2. The molecule has 0 aliphatic carbocycles. The average molecular weight is 394 g/mol. The molecule has 1 aliphatic rings. The Morgan fingerprint density at radius 2 is 1.73 bits per heavy atom. The SMILES string of the molecule is Nc1cccc(OCCCCN2CCN(c3cccc(Cl)c3Cl)CC2)c1. The fraction of sp³-hybridized carbons (Fsp3) is 0.400. The Hall–Kier alpha value is -1.62. The predicted molar refractivity (Wildman–Crippen MR) is 111 cm³/mol. The van der Waals surface area contributed by atoms with Crippen LogP contribution < -0.4 is 15.4 Å². The van der Waals surface area contributed by atoms with Gasteiger partial charge in [0, 0.05) is 37.9 Å². The molecular weight excluding hydrogens is 369 g/mol. The van der Waals surface area contributed by atoms with Crippen LogP contribution in [0.25, 0.3) is 0 Å². The summed E-state index contributed by atoms with van der Waals surface area (Å²) in [4.78, 5) is 4.81. The van der Waals surface area contributed by atoms with Crippen molar-refractivity contribution in [1.82, 2.24) is 4.90 Å². The van der Waals surface area contributed by atoms with Crippen LogP contribution in [0.5, 0.6) is 5.75 Å². The van der Waals surface area contributed by atoms with Crippen molar-refractivity contribution in [3.8, 4) is 5.75 Å². The molecule has 2 aromatic rings. The summed E-state index contributed by atoms with van der Waals surface area (Å²) < 4.78 is 5.74. The highest BCUT2D eigenvalue weighted by Crippen LogP contribution is 2.32. The van der Waals surface area contributed by atoms with E-state index in [1.54, 1.807) is 0 Å². The molecule has 1 fully saturated rings. The van der Waals surface area contributed by atoms with Crippen LogP contribution in [0.15, 0.2) is 42.5 Å². The Morgan fingerprint density at radius 3 is 2.50 bits per heavy atom. The van der Waals surface area contributed by atoms with Crippen molar-refractivity contribution in [2.45, 2.75) is 12.8 Å². The fourth-order valence-electron chi connectivity index (χ4n) is 3.18. The number of benzene rings is 2. The van der Waals surface area contributed by atoms with E-state index >= 15 is 0 Å². The van der Waals surface area contributed by atoms with E-state index in [0.29, 0.717) is 10.0 Å². The van der Waals surface area contributed by atoms with Crippen LogP contribution in [-0.2, 0) is 0 Å². The summed E-state index contributed by atoms with van der Waals surface area (Å²) in [6, 6.07) is 13.4. The molecule has 3 rings (SSSR count). The van der Waals surface area contributed by atoms with Crippen LogP contribution in [-0.4, -0.2) is 44.2 Å². The zero-order valence-corrected chi connectivity index (χ0v) is 16.3. The van der Waals surface area contributed by atoms with Crippen molar-refractivity contribution in [2.75, 3.05) is 50.0 Å². The van der Waals surface area contributed by atoms with E-state index in [4.69, 9.17) is 33.7 Å². The van der Waals surface area contributed by atoms with E-state index in [-0.39, 0.29) is 0 Å². The van der Waals surface area contributed by atoms with Gasteiger partial charge in [0.1, 0.15) is 5.75 Å². The third kappa shape index (κ3) is 5.19. The molecule has 4 nitrogen and oxygen atoms in total. The molecule has 0 saturated carbocycles. The molecule has 0 aromatic heterocycles. The Morgan fingerprint density at radius 1 is 0.962 bits per heavy atom. The maximum absolute atomic E-state index is 6.33. The number of rotatable bonds is 7. The molecule has 1 aliphatic heterocycles. The summed E-state index contributed by atoms with van der Waals surface area (Å²) in [5.41, 5.74) is 7.52. The van der Waals surface area contributed by atoms with Crippen molar-refractivity contribution in [3.63, 3.8) is 0 Å². The third-order valence-corrected chi connectivity index (χ3v) is 5.45. The molecule has 1 heterocycles. The van der Waals surface area contributed by atoms with Crippen LogP contribution in [0.3, 0.4) is 0 Å². The Labute approximate surface area is 165 Å². The van der Waals surface area contributed by atoms with E-state index in [2.05, 4.69) is 9.80 Å². The van der Waals surface area contributed by atoms with Gasteiger partial charge in [-0.05, 0) is 43.7 Å². The van der Waals surface area contributed by atoms with Gasteiger partial charge in [0.05, 0.1) is 22.3 Å². The molecule has 0 unspecified atom stereocenters. The largest absolute Gasteiger partial charge is 0.494 e. The minimum Gasteiger partial charge on any atom is -0.494 e. The van der Waals surface area contributed by atoms with Gasteiger partial charge in [-0.2, -0.15) is 0 Å². The van der Waals surface area contributed by atoms with E-state index in [9.17, 15) is 0 Å².